The maximum atomic E-state index is 10.7. The van der Waals surface area contributed by atoms with Crippen molar-refractivity contribution in [2.45, 2.75) is 13.3 Å². The Morgan fingerprint density at radius 2 is 2.33 bits per heavy atom. The molecular weight excluding hydrogens is 216 g/mol. The van der Waals surface area contributed by atoms with Crippen molar-refractivity contribution in [2.24, 2.45) is 5.92 Å². The Labute approximate surface area is 93.6 Å². The predicted octanol–water partition coefficient (Wildman–Crippen LogP) is 2.83. The number of halogens is 1. The predicted molar refractivity (Wildman–Crippen MR) is 58.4 cm³/mol. The van der Waals surface area contributed by atoms with Crippen LogP contribution < -0.4 is 4.74 Å². The van der Waals surface area contributed by atoms with Crippen LogP contribution in [-0.4, -0.2) is 17.7 Å². The summed E-state index contributed by atoms with van der Waals surface area (Å²) in [7, 11) is 0. The summed E-state index contributed by atoms with van der Waals surface area (Å²) >= 11 is 5.76. The molecule has 0 saturated heterocycles. The van der Waals surface area contributed by atoms with Gasteiger partial charge in [0.05, 0.1) is 5.92 Å². The second-order valence-corrected chi connectivity index (χ2v) is 3.65. The summed E-state index contributed by atoms with van der Waals surface area (Å²) in [5, 5.41) is 9.38. The fourth-order valence-corrected chi connectivity index (χ4v) is 1.30. The maximum absolute atomic E-state index is 10.7. The Kier molecular flexibility index (Phi) is 4.43. The van der Waals surface area contributed by atoms with Crippen LogP contribution in [-0.2, 0) is 4.79 Å². The minimum Gasteiger partial charge on any atom is -0.493 e. The van der Waals surface area contributed by atoms with Crippen LogP contribution in [0, 0.1) is 5.92 Å². The molecule has 0 aliphatic carbocycles. The molecule has 1 unspecified atom stereocenters. The van der Waals surface area contributed by atoms with Crippen LogP contribution in [0.25, 0.3) is 0 Å². The number of hydrogen-bond acceptors (Lipinski definition) is 2. The van der Waals surface area contributed by atoms with Crippen LogP contribution in [0.4, 0.5) is 0 Å². The van der Waals surface area contributed by atoms with Gasteiger partial charge in [0.2, 0.25) is 0 Å². The molecule has 4 heteroatoms. The van der Waals surface area contributed by atoms with Crippen LogP contribution in [0.3, 0.4) is 0 Å². The average Bonchev–Trinajstić information content (AvgIpc) is 2.18. The Morgan fingerprint density at radius 3 is 2.87 bits per heavy atom. The summed E-state index contributed by atoms with van der Waals surface area (Å²) in [6.07, 6.45) is 0.551. The summed E-state index contributed by atoms with van der Waals surface area (Å²) in [4.78, 5) is 10.7. The zero-order chi connectivity index (χ0) is 11.3. The second kappa shape index (κ2) is 5.61. The molecule has 1 rings (SSSR count). The first-order chi connectivity index (χ1) is 7.13. The van der Waals surface area contributed by atoms with Crippen molar-refractivity contribution in [3.63, 3.8) is 0 Å². The van der Waals surface area contributed by atoms with E-state index in [1.54, 1.807) is 24.3 Å². The highest BCUT2D eigenvalue weighted by Gasteiger charge is 2.15. The quantitative estimate of drug-likeness (QED) is 0.843. The Morgan fingerprint density at radius 1 is 1.60 bits per heavy atom. The minimum absolute atomic E-state index is 0.173. The van der Waals surface area contributed by atoms with Gasteiger partial charge in [0.1, 0.15) is 12.4 Å². The number of hydrogen-bond donors (Lipinski definition) is 1. The molecule has 0 aromatic heterocycles. The van der Waals surface area contributed by atoms with E-state index in [9.17, 15) is 4.79 Å². The lowest BCUT2D eigenvalue weighted by molar-refractivity contribution is -0.142. The van der Waals surface area contributed by atoms with Gasteiger partial charge in [0, 0.05) is 5.02 Å². The maximum Gasteiger partial charge on any atom is 0.309 e. The molecule has 0 aliphatic rings. The number of carboxylic acids is 1. The highest BCUT2D eigenvalue weighted by molar-refractivity contribution is 6.30. The van der Waals surface area contributed by atoms with Gasteiger partial charge in [-0.2, -0.15) is 0 Å². The monoisotopic (exact) mass is 228 g/mol. The number of ether oxygens (including phenoxy) is 1. The Bertz CT molecular complexity index is 338. The molecule has 0 aliphatic heterocycles. The van der Waals surface area contributed by atoms with Crippen molar-refractivity contribution in [1.82, 2.24) is 0 Å². The van der Waals surface area contributed by atoms with Crippen LogP contribution in [0.2, 0.25) is 5.02 Å². The highest BCUT2D eigenvalue weighted by atomic mass is 35.5. The number of aliphatic carboxylic acids is 1. The summed E-state index contributed by atoms with van der Waals surface area (Å²) < 4.78 is 5.34. The van der Waals surface area contributed by atoms with Crippen LogP contribution in [0.1, 0.15) is 13.3 Å². The molecule has 0 radical (unpaired) electrons. The topological polar surface area (TPSA) is 46.5 Å². The molecule has 0 amide bonds. The smallest absolute Gasteiger partial charge is 0.309 e. The SMILES string of the molecule is CCC(COc1cccc(Cl)c1)C(=O)O. The molecule has 0 fully saturated rings. The standard InChI is InChI=1S/C11H13ClO3/c1-2-8(11(13)14)7-15-10-5-3-4-9(12)6-10/h3-6,8H,2,7H2,1H3,(H,13,14). The van der Waals surface area contributed by atoms with E-state index in [0.717, 1.165) is 0 Å². The third-order valence-corrected chi connectivity index (χ3v) is 2.32. The lowest BCUT2D eigenvalue weighted by Crippen LogP contribution is -2.20. The number of carbonyl (C=O) groups is 1. The van der Waals surface area contributed by atoms with Crippen molar-refractivity contribution in [3.05, 3.63) is 29.3 Å². The van der Waals surface area contributed by atoms with Crippen molar-refractivity contribution < 1.29 is 14.6 Å². The summed E-state index contributed by atoms with van der Waals surface area (Å²) in [5.74, 6) is -0.703. The van der Waals surface area contributed by atoms with Crippen molar-refractivity contribution in [1.29, 1.82) is 0 Å². The molecular formula is C11H13ClO3. The lowest BCUT2D eigenvalue weighted by Gasteiger charge is -2.11. The van der Waals surface area contributed by atoms with E-state index < -0.39 is 11.9 Å². The number of benzene rings is 1. The molecule has 3 nitrogen and oxygen atoms in total. The zero-order valence-corrected chi connectivity index (χ0v) is 9.20. The van der Waals surface area contributed by atoms with E-state index in [1.807, 2.05) is 6.92 Å². The van der Waals surface area contributed by atoms with Gasteiger partial charge in [-0.15, -0.1) is 0 Å². The van der Waals surface area contributed by atoms with Crippen molar-refractivity contribution in [3.8, 4) is 5.75 Å². The van der Waals surface area contributed by atoms with Crippen LogP contribution in [0.15, 0.2) is 24.3 Å². The van der Waals surface area contributed by atoms with Gasteiger partial charge < -0.3 is 9.84 Å². The summed E-state index contributed by atoms with van der Waals surface area (Å²) in [6.45, 7) is 1.99. The third-order valence-electron chi connectivity index (χ3n) is 2.09. The molecule has 0 bridgehead atoms. The third kappa shape index (κ3) is 3.80. The van der Waals surface area contributed by atoms with E-state index in [4.69, 9.17) is 21.4 Å². The first-order valence-corrected chi connectivity index (χ1v) is 5.12. The fourth-order valence-electron chi connectivity index (χ4n) is 1.12. The Balaban J connectivity index is 2.52. The van der Waals surface area contributed by atoms with Gasteiger partial charge in [-0.3, -0.25) is 4.79 Å². The molecule has 1 atom stereocenters. The molecule has 1 aromatic rings. The molecule has 15 heavy (non-hydrogen) atoms. The molecule has 1 N–H and O–H groups in total. The Hall–Kier alpha value is -1.22. The average molecular weight is 229 g/mol. The van der Waals surface area contributed by atoms with Gasteiger partial charge in [0.25, 0.3) is 0 Å². The molecule has 82 valence electrons. The number of rotatable bonds is 5. The van der Waals surface area contributed by atoms with Gasteiger partial charge in [-0.05, 0) is 24.6 Å². The highest BCUT2D eigenvalue weighted by Crippen LogP contribution is 2.18. The fraction of sp³-hybridized carbons (Fsp3) is 0.364. The van der Waals surface area contributed by atoms with Gasteiger partial charge >= 0.3 is 5.97 Å². The van der Waals surface area contributed by atoms with E-state index in [2.05, 4.69) is 0 Å². The first-order valence-electron chi connectivity index (χ1n) is 4.74. The molecule has 0 saturated carbocycles. The second-order valence-electron chi connectivity index (χ2n) is 3.21. The lowest BCUT2D eigenvalue weighted by atomic mass is 10.1. The van der Waals surface area contributed by atoms with Gasteiger partial charge in [0.15, 0.2) is 0 Å². The van der Waals surface area contributed by atoms with E-state index in [-0.39, 0.29) is 6.61 Å². The molecule has 0 heterocycles. The molecule has 1 aromatic carbocycles. The normalized spacial score (nSPS) is 12.1. The largest absolute Gasteiger partial charge is 0.493 e. The molecule has 0 spiro atoms. The van der Waals surface area contributed by atoms with Crippen molar-refractivity contribution >= 4 is 17.6 Å². The summed E-state index contributed by atoms with van der Waals surface area (Å²) in [6, 6.07) is 6.92. The zero-order valence-electron chi connectivity index (χ0n) is 8.44. The number of carboxylic acid groups (broad SMARTS) is 1. The van der Waals surface area contributed by atoms with Gasteiger partial charge in [-0.25, -0.2) is 0 Å². The van der Waals surface area contributed by atoms with Gasteiger partial charge in [-0.1, -0.05) is 24.6 Å². The van der Waals surface area contributed by atoms with Crippen LogP contribution in [0.5, 0.6) is 5.75 Å². The van der Waals surface area contributed by atoms with Crippen molar-refractivity contribution in [2.75, 3.05) is 6.61 Å². The van der Waals surface area contributed by atoms with E-state index in [1.165, 1.54) is 0 Å². The van der Waals surface area contributed by atoms with E-state index in [0.29, 0.717) is 17.2 Å². The minimum atomic E-state index is -0.834. The summed E-state index contributed by atoms with van der Waals surface area (Å²) in [5.41, 5.74) is 0. The first kappa shape index (κ1) is 11.9. The van der Waals surface area contributed by atoms with E-state index >= 15 is 0 Å². The van der Waals surface area contributed by atoms with Crippen LogP contribution >= 0.6 is 11.6 Å².